The molecule has 2 aromatic rings. The Hall–Kier alpha value is -3.00. The van der Waals surface area contributed by atoms with Crippen LogP contribution in [0.1, 0.15) is 18.1 Å². The van der Waals surface area contributed by atoms with E-state index >= 15 is 0 Å². The van der Waals surface area contributed by atoms with Crippen molar-refractivity contribution in [1.82, 2.24) is 14.5 Å². The summed E-state index contributed by atoms with van der Waals surface area (Å²) in [6.07, 6.45) is 9.34. The van der Waals surface area contributed by atoms with E-state index in [1.807, 2.05) is 22.9 Å². The predicted octanol–water partition coefficient (Wildman–Crippen LogP) is 2.61. The van der Waals surface area contributed by atoms with Gasteiger partial charge in [-0.2, -0.15) is 0 Å². The minimum Gasteiger partial charge on any atom is -0.493 e. The number of aromatic nitrogens is 3. The first kappa shape index (κ1) is 18.4. The molecule has 2 unspecified atom stereocenters. The average Bonchev–Trinajstić information content (AvgIpc) is 3.25. The van der Waals surface area contributed by atoms with Crippen LogP contribution >= 0.6 is 0 Å². The van der Waals surface area contributed by atoms with Crippen molar-refractivity contribution in [2.24, 2.45) is 0 Å². The molecule has 4 rings (SSSR count). The van der Waals surface area contributed by atoms with E-state index in [-0.39, 0.29) is 6.10 Å². The van der Waals surface area contributed by atoms with Crippen LogP contribution in [0.4, 0.5) is 0 Å². The predicted molar refractivity (Wildman–Crippen MR) is 99.3 cm³/mol. The normalized spacial score (nSPS) is 24.0. The first-order valence-corrected chi connectivity index (χ1v) is 8.97. The van der Waals surface area contributed by atoms with Crippen molar-refractivity contribution >= 4 is 0 Å². The molecule has 1 aliphatic heterocycles. The summed E-state index contributed by atoms with van der Waals surface area (Å²) in [4.78, 5) is 8.35. The Balaban J connectivity index is 1.58. The summed E-state index contributed by atoms with van der Waals surface area (Å²) in [5, 5.41) is 0. The van der Waals surface area contributed by atoms with Crippen molar-refractivity contribution in [3.05, 3.63) is 66.0 Å². The van der Waals surface area contributed by atoms with Crippen molar-refractivity contribution < 1.29 is 23.7 Å². The third-order valence-corrected chi connectivity index (χ3v) is 4.98. The lowest BCUT2D eigenvalue weighted by molar-refractivity contribution is -0.0514. The fourth-order valence-corrected chi connectivity index (χ4v) is 3.44. The topological polar surface area (TPSA) is 76.9 Å². The Kier molecular flexibility index (Phi) is 4.95. The van der Waals surface area contributed by atoms with Gasteiger partial charge in [0, 0.05) is 43.8 Å². The van der Waals surface area contributed by atoms with E-state index < -0.39 is 5.60 Å². The minimum atomic E-state index is -0.608. The van der Waals surface area contributed by atoms with Gasteiger partial charge in [0.2, 0.25) is 5.88 Å². The minimum absolute atomic E-state index is 0.278. The average molecular weight is 385 g/mol. The number of hydrogen-bond donors (Lipinski definition) is 0. The highest BCUT2D eigenvalue weighted by molar-refractivity contribution is 5.35. The van der Waals surface area contributed by atoms with Gasteiger partial charge in [-0.25, -0.2) is 9.97 Å². The summed E-state index contributed by atoms with van der Waals surface area (Å²) < 4.78 is 30.9. The molecule has 148 valence electrons. The van der Waals surface area contributed by atoms with Crippen LogP contribution in [0, 0.1) is 0 Å². The number of nitrogens with zero attached hydrogens (tertiary/aromatic N) is 3. The van der Waals surface area contributed by atoms with Crippen molar-refractivity contribution in [3.63, 3.8) is 0 Å². The molecule has 0 saturated carbocycles. The maximum Gasteiger partial charge on any atom is 0.212 e. The van der Waals surface area contributed by atoms with Gasteiger partial charge in [0.1, 0.15) is 18.0 Å². The molecule has 8 nitrogen and oxygen atoms in total. The van der Waals surface area contributed by atoms with Gasteiger partial charge >= 0.3 is 0 Å². The first-order chi connectivity index (χ1) is 13.7. The van der Waals surface area contributed by atoms with Gasteiger partial charge in [-0.15, -0.1) is 0 Å². The second kappa shape index (κ2) is 7.55. The van der Waals surface area contributed by atoms with E-state index in [0.29, 0.717) is 37.0 Å². The van der Waals surface area contributed by atoms with Gasteiger partial charge in [0.05, 0.1) is 27.1 Å². The van der Waals surface area contributed by atoms with Crippen molar-refractivity contribution in [2.75, 3.05) is 27.9 Å². The van der Waals surface area contributed by atoms with Crippen molar-refractivity contribution in [1.29, 1.82) is 0 Å². The van der Waals surface area contributed by atoms with Gasteiger partial charge in [-0.3, -0.25) is 0 Å². The Morgan fingerprint density at radius 3 is 2.79 bits per heavy atom. The molecule has 0 spiro atoms. The second-order valence-corrected chi connectivity index (χ2v) is 6.70. The van der Waals surface area contributed by atoms with Crippen molar-refractivity contribution in [2.45, 2.75) is 24.7 Å². The molecule has 8 heteroatoms. The SMILES string of the molecule is COC1=CC(Cn2ccnc2)(OC)CC2=C1OC(c1ccc(OC)nc1)CO2. The molecule has 0 saturated heterocycles. The Labute approximate surface area is 163 Å². The van der Waals surface area contributed by atoms with Crippen LogP contribution in [0.25, 0.3) is 0 Å². The van der Waals surface area contributed by atoms with Crippen LogP contribution < -0.4 is 4.74 Å². The maximum atomic E-state index is 6.23. The number of hydrogen-bond acceptors (Lipinski definition) is 7. The third kappa shape index (κ3) is 3.43. The molecular formula is C20H23N3O5. The van der Waals surface area contributed by atoms with Crippen LogP contribution in [0.2, 0.25) is 0 Å². The highest BCUT2D eigenvalue weighted by atomic mass is 16.6. The lowest BCUT2D eigenvalue weighted by Crippen LogP contribution is -2.39. The summed E-state index contributed by atoms with van der Waals surface area (Å²) in [5.41, 5.74) is 0.299. The Morgan fingerprint density at radius 1 is 1.25 bits per heavy atom. The Morgan fingerprint density at radius 2 is 2.14 bits per heavy atom. The fourth-order valence-electron chi connectivity index (χ4n) is 3.44. The van der Waals surface area contributed by atoms with Crippen LogP contribution in [0.15, 0.2) is 60.4 Å². The summed E-state index contributed by atoms with van der Waals surface area (Å²) in [7, 11) is 4.88. The molecule has 1 aliphatic carbocycles. The number of ether oxygens (including phenoxy) is 5. The molecule has 3 heterocycles. The molecule has 2 atom stereocenters. The first-order valence-electron chi connectivity index (χ1n) is 8.97. The highest BCUT2D eigenvalue weighted by Crippen LogP contribution is 2.41. The number of pyridine rings is 1. The highest BCUT2D eigenvalue weighted by Gasteiger charge is 2.41. The summed E-state index contributed by atoms with van der Waals surface area (Å²) in [5.74, 6) is 2.47. The van der Waals surface area contributed by atoms with Gasteiger partial charge in [-0.05, 0) is 12.1 Å². The van der Waals surface area contributed by atoms with E-state index in [9.17, 15) is 0 Å². The van der Waals surface area contributed by atoms with E-state index in [2.05, 4.69) is 9.97 Å². The monoisotopic (exact) mass is 385 g/mol. The molecule has 2 aliphatic rings. The van der Waals surface area contributed by atoms with Crippen LogP contribution in [0.5, 0.6) is 5.88 Å². The van der Waals surface area contributed by atoms with Gasteiger partial charge in [0.15, 0.2) is 17.6 Å². The summed E-state index contributed by atoms with van der Waals surface area (Å²) in [6, 6.07) is 3.72. The van der Waals surface area contributed by atoms with E-state index in [4.69, 9.17) is 23.7 Å². The van der Waals surface area contributed by atoms with Gasteiger partial charge in [0.25, 0.3) is 0 Å². The molecule has 0 bridgehead atoms. The molecule has 0 fully saturated rings. The van der Waals surface area contributed by atoms with Crippen LogP contribution in [0.3, 0.4) is 0 Å². The summed E-state index contributed by atoms with van der Waals surface area (Å²) >= 11 is 0. The fraction of sp³-hybridized carbons (Fsp3) is 0.400. The zero-order valence-corrected chi connectivity index (χ0v) is 16.1. The standard InChI is InChI=1S/C20H23N3O5/c1-24-15-8-20(26-3,12-23-7-6-21-13-23)9-16-19(15)28-17(11-27-16)14-4-5-18(25-2)22-10-14/h4-8,10,13,17H,9,11-12H2,1-3H3. The molecule has 0 aromatic carbocycles. The lowest BCUT2D eigenvalue weighted by atomic mass is 9.91. The molecule has 0 amide bonds. The molecule has 0 radical (unpaired) electrons. The van der Waals surface area contributed by atoms with E-state index in [0.717, 1.165) is 11.3 Å². The summed E-state index contributed by atoms with van der Waals surface area (Å²) in [6.45, 7) is 0.969. The molecular weight excluding hydrogens is 362 g/mol. The van der Waals surface area contributed by atoms with Crippen molar-refractivity contribution in [3.8, 4) is 5.88 Å². The largest absolute Gasteiger partial charge is 0.493 e. The maximum absolute atomic E-state index is 6.23. The number of imidazole rings is 1. The third-order valence-electron chi connectivity index (χ3n) is 4.98. The molecule has 28 heavy (non-hydrogen) atoms. The zero-order chi connectivity index (χ0) is 19.6. The van der Waals surface area contributed by atoms with Crippen LogP contribution in [-0.2, 0) is 25.5 Å². The van der Waals surface area contributed by atoms with E-state index in [1.165, 1.54) is 0 Å². The van der Waals surface area contributed by atoms with E-state index in [1.54, 1.807) is 46.1 Å². The lowest BCUT2D eigenvalue weighted by Gasteiger charge is -2.38. The van der Waals surface area contributed by atoms with Gasteiger partial charge in [-0.1, -0.05) is 0 Å². The quantitative estimate of drug-likeness (QED) is 0.756. The number of rotatable bonds is 6. The zero-order valence-electron chi connectivity index (χ0n) is 16.1. The molecule has 2 aromatic heterocycles. The van der Waals surface area contributed by atoms with Gasteiger partial charge < -0.3 is 28.3 Å². The Bertz CT molecular complexity index is 876. The van der Waals surface area contributed by atoms with Crippen LogP contribution in [-0.4, -0.2) is 48.1 Å². The smallest absolute Gasteiger partial charge is 0.212 e. The number of methoxy groups -OCH3 is 3. The molecule has 0 N–H and O–H groups in total. The second-order valence-electron chi connectivity index (χ2n) is 6.70.